The van der Waals surface area contributed by atoms with Crippen molar-refractivity contribution in [3.05, 3.63) is 12.7 Å². The van der Waals surface area contributed by atoms with Crippen LogP contribution in [0.25, 0.3) is 0 Å². The highest BCUT2D eigenvalue weighted by molar-refractivity contribution is 4.57. The summed E-state index contributed by atoms with van der Waals surface area (Å²) in [5, 5.41) is 0. The summed E-state index contributed by atoms with van der Waals surface area (Å²) >= 11 is 0. The zero-order chi connectivity index (χ0) is 11.3. The van der Waals surface area contributed by atoms with Crippen LogP contribution in [0.2, 0.25) is 0 Å². The van der Waals surface area contributed by atoms with Gasteiger partial charge < -0.3 is 0 Å². The fraction of sp³-hybridized carbons (Fsp3) is 0.600. The maximum absolute atomic E-state index is 10.8. The molecular weight excluding hydrogens is 212 g/mol. The molecule has 0 aliphatic carbocycles. The van der Waals surface area contributed by atoms with E-state index >= 15 is 0 Å². The van der Waals surface area contributed by atoms with E-state index in [0.29, 0.717) is 0 Å². The third-order valence-electron chi connectivity index (χ3n) is 0.401. The van der Waals surface area contributed by atoms with Crippen LogP contribution in [0.5, 0.6) is 0 Å². The predicted octanol–water partition coefficient (Wildman–Crippen LogP) is 3.90. The first-order valence-corrected chi connectivity index (χ1v) is 2.57. The number of halogens is 8. The van der Waals surface area contributed by atoms with Crippen molar-refractivity contribution >= 4 is 0 Å². The van der Waals surface area contributed by atoms with Crippen LogP contribution >= 0.6 is 0 Å². The van der Waals surface area contributed by atoms with Gasteiger partial charge in [-0.3, -0.25) is 0 Å². The second-order valence-corrected chi connectivity index (χ2v) is 1.75. The van der Waals surface area contributed by atoms with Gasteiger partial charge in [-0.05, 0) is 6.58 Å². The van der Waals surface area contributed by atoms with Crippen molar-refractivity contribution in [3.8, 4) is 0 Å². The van der Waals surface area contributed by atoms with E-state index in [0.717, 1.165) is 0 Å². The van der Waals surface area contributed by atoms with Gasteiger partial charge in [0.25, 0.3) is 6.08 Å². The summed E-state index contributed by atoms with van der Waals surface area (Å²) in [7, 11) is 0. The maximum atomic E-state index is 10.8. The van der Waals surface area contributed by atoms with Gasteiger partial charge in [0.05, 0.1) is 0 Å². The van der Waals surface area contributed by atoms with Crippen LogP contribution in [0, 0.1) is 0 Å². The highest BCUT2D eigenvalue weighted by Crippen LogP contribution is 2.31. The number of hydrogen-bond acceptors (Lipinski definition) is 0. The first-order valence-electron chi connectivity index (χ1n) is 2.57. The van der Waals surface area contributed by atoms with Crippen LogP contribution < -0.4 is 0 Å². The summed E-state index contributed by atoms with van der Waals surface area (Å²) in [6.45, 7) is 2.22. The van der Waals surface area contributed by atoms with E-state index in [2.05, 4.69) is 6.58 Å². The molecule has 0 nitrogen and oxygen atoms in total. The average Bonchev–Trinajstić information content (AvgIpc) is 1.47. The summed E-state index contributed by atoms with van der Waals surface area (Å²) in [6, 6.07) is 0. The normalized spacial score (nSPS) is 11.7. The Bertz CT molecular complexity index is 135. The summed E-state index contributed by atoms with van der Waals surface area (Å²) in [5.41, 5.74) is 0. The van der Waals surface area contributed by atoms with E-state index in [4.69, 9.17) is 0 Å². The molecule has 8 heteroatoms. The zero-order valence-corrected chi connectivity index (χ0v) is 5.94. The van der Waals surface area contributed by atoms with E-state index in [9.17, 15) is 35.1 Å². The van der Waals surface area contributed by atoms with Crippen LogP contribution in [0.4, 0.5) is 35.1 Å². The molecule has 0 aromatic rings. The number of alkyl halides is 6. The van der Waals surface area contributed by atoms with Crippen LogP contribution in [-0.2, 0) is 0 Å². The molecule has 80 valence electrons. The first-order chi connectivity index (χ1) is 5.44. The van der Waals surface area contributed by atoms with Crippen molar-refractivity contribution in [1.82, 2.24) is 0 Å². The molecule has 0 fully saturated rings. The Morgan fingerprint density at radius 1 is 0.846 bits per heavy atom. The third kappa shape index (κ3) is 35.1. The second-order valence-electron chi connectivity index (χ2n) is 1.75. The molecule has 0 N–H and O–H groups in total. The van der Waals surface area contributed by atoms with Crippen LogP contribution in [-0.4, -0.2) is 12.4 Å². The molecule has 0 bridgehead atoms. The lowest BCUT2D eigenvalue weighted by Crippen LogP contribution is -2.20. The van der Waals surface area contributed by atoms with Gasteiger partial charge in [0, 0.05) is 0 Å². The number of hydrogen-bond donors (Lipinski definition) is 0. The molecule has 0 aliphatic heterocycles. The van der Waals surface area contributed by atoms with E-state index in [1.807, 2.05) is 0 Å². The highest BCUT2D eigenvalue weighted by Gasteiger charge is 2.43. The molecule has 0 amide bonds. The summed E-state index contributed by atoms with van der Waals surface area (Å²) < 4.78 is 85.3. The molecule has 0 aromatic heterocycles. The van der Waals surface area contributed by atoms with Gasteiger partial charge in [-0.15, -0.1) is 0 Å². The monoisotopic (exact) mass is 216 g/mol. The van der Waals surface area contributed by atoms with Gasteiger partial charge in [-0.25, -0.2) is 0 Å². The molecule has 0 saturated heterocycles. The van der Waals surface area contributed by atoms with Crippen molar-refractivity contribution in [2.45, 2.75) is 18.8 Å². The molecule has 0 unspecified atom stereocenters. The fourth-order valence-electron chi connectivity index (χ4n) is 0.227. The average molecular weight is 216 g/mol. The lowest BCUT2D eigenvalue weighted by Gasteiger charge is -2.08. The lowest BCUT2D eigenvalue weighted by molar-refractivity contribution is -0.232. The Morgan fingerprint density at radius 2 is 1.00 bits per heavy atom. The Hall–Kier alpha value is -0.820. The molecule has 13 heavy (non-hydrogen) atoms. The largest absolute Gasteiger partial charge is 0.397 e. The summed E-state index contributed by atoms with van der Waals surface area (Å²) in [6.07, 6.45) is -14.8. The van der Waals surface area contributed by atoms with Crippen molar-refractivity contribution < 1.29 is 35.1 Å². The predicted molar refractivity (Wildman–Crippen MR) is 28.1 cm³/mol. The smallest absolute Gasteiger partial charge is 0.174 e. The zero-order valence-electron chi connectivity index (χ0n) is 5.94. The van der Waals surface area contributed by atoms with Crippen LogP contribution in [0.15, 0.2) is 12.7 Å². The Balaban J connectivity index is 0. The minimum Gasteiger partial charge on any atom is -0.174 e. The number of rotatable bonds is 0. The topological polar surface area (TPSA) is 0 Å². The summed E-state index contributed by atoms with van der Waals surface area (Å²) in [5.74, 6) is 0. The van der Waals surface area contributed by atoms with Gasteiger partial charge in [0.1, 0.15) is 6.42 Å². The Morgan fingerprint density at radius 3 is 1.00 bits per heavy atom. The van der Waals surface area contributed by atoms with Gasteiger partial charge in [-0.1, -0.05) is 0 Å². The Kier molecular flexibility index (Phi) is 5.68. The minimum atomic E-state index is -5.14. The standard InChI is InChI=1S/C3H2F6.C2H2F2/c4-2(5,6)1-3(7,8)9;1-2(3)4/h1H2;1H2. The molecule has 0 rings (SSSR count). The van der Waals surface area contributed by atoms with Gasteiger partial charge in [-0.2, -0.15) is 35.1 Å². The van der Waals surface area contributed by atoms with Crippen molar-refractivity contribution in [2.75, 3.05) is 0 Å². The van der Waals surface area contributed by atoms with Crippen molar-refractivity contribution in [3.63, 3.8) is 0 Å². The first kappa shape index (κ1) is 14.7. The van der Waals surface area contributed by atoms with E-state index < -0.39 is 24.9 Å². The molecule has 0 spiro atoms. The van der Waals surface area contributed by atoms with Gasteiger partial charge in [0.15, 0.2) is 0 Å². The molecule has 0 saturated carbocycles. The molecule has 0 heterocycles. The molecule has 0 aliphatic rings. The van der Waals surface area contributed by atoms with Crippen molar-refractivity contribution in [1.29, 1.82) is 0 Å². The van der Waals surface area contributed by atoms with E-state index in [1.54, 1.807) is 0 Å². The SMILES string of the molecule is C=C(F)F.FC(F)(F)CC(F)(F)F. The third-order valence-corrected chi connectivity index (χ3v) is 0.401. The quantitative estimate of drug-likeness (QED) is 0.538. The van der Waals surface area contributed by atoms with Crippen molar-refractivity contribution in [2.24, 2.45) is 0 Å². The lowest BCUT2D eigenvalue weighted by atomic mass is 10.4. The minimum absolute atomic E-state index is 1.83. The van der Waals surface area contributed by atoms with E-state index in [1.165, 1.54) is 0 Å². The fourth-order valence-corrected chi connectivity index (χ4v) is 0.227. The maximum Gasteiger partial charge on any atom is 0.397 e. The van der Waals surface area contributed by atoms with Crippen LogP contribution in [0.3, 0.4) is 0 Å². The van der Waals surface area contributed by atoms with Crippen LogP contribution in [0.1, 0.15) is 6.42 Å². The second kappa shape index (κ2) is 5.03. The Labute approximate surface area is 67.8 Å². The summed E-state index contributed by atoms with van der Waals surface area (Å²) in [4.78, 5) is 0. The highest BCUT2D eigenvalue weighted by atomic mass is 19.4. The molecule has 0 aromatic carbocycles. The van der Waals surface area contributed by atoms with E-state index in [-0.39, 0.29) is 0 Å². The molecular formula is C5H4F8. The van der Waals surface area contributed by atoms with Gasteiger partial charge >= 0.3 is 12.4 Å². The van der Waals surface area contributed by atoms with Gasteiger partial charge in [0.2, 0.25) is 0 Å². The molecule has 0 atom stereocenters. The molecule has 0 radical (unpaired) electrons.